The third-order valence-electron chi connectivity index (χ3n) is 3.51. The molecule has 0 bridgehead atoms. The average Bonchev–Trinajstić information content (AvgIpc) is 2.77. The molecule has 2 aromatic carbocycles. The summed E-state index contributed by atoms with van der Waals surface area (Å²) >= 11 is 0. The lowest BCUT2D eigenvalue weighted by molar-refractivity contribution is 0.0926. The van der Waals surface area contributed by atoms with Gasteiger partial charge in [0.05, 0.1) is 31.0 Å². The van der Waals surface area contributed by atoms with E-state index in [1.54, 1.807) is 30.3 Å². The Hall–Kier alpha value is -3.02. The Morgan fingerprint density at radius 3 is 2.05 bits per heavy atom. The molecule has 2 N–H and O–H groups in total. The lowest BCUT2D eigenvalue weighted by atomic mass is 10.1. The van der Waals surface area contributed by atoms with Crippen LogP contribution < -0.4 is 20.1 Å². The van der Waals surface area contributed by atoms with E-state index in [0.29, 0.717) is 34.0 Å². The molecule has 0 fully saturated rings. The van der Waals surface area contributed by atoms with Gasteiger partial charge in [-0.1, -0.05) is 0 Å². The van der Waals surface area contributed by atoms with Crippen LogP contribution >= 0.6 is 0 Å². The summed E-state index contributed by atoms with van der Waals surface area (Å²) in [6.45, 7) is 0. The Morgan fingerprint density at radius 2 is 1.45 bits per heavy atom. The Morgan fingerprint density at radius 1 is 0.864 bits per heavy atom. The highest BCUT2D eigenvalue weighted by Gasteiger charge is 2.37. The summed E-state index contributed by atoms with van der Waals surface area (Å²) in [4.78, 5) is 26.1. The van der Waals surface area contributed by atoms with Crippen molar-refractivity contribution in [3.8, 4) is 11.5 Å². The van der Waals surface area contributed by atoms with Crippen LogP contribution in [0.5, 0.6) is 11.5 Å². The maximum Gasteiger partial charge on any atom is 0.266 e. The Balaban J connectivity index is 2.11. The van der Waals surface area contributed by atoms with Gasteiger partial charge in [0.15, 0.2) is 0 Å². The monoisotopic (exact) mass is 298 g/mol. The van der Waals surface area contributed by atoms with E-state index in [9.17, 15) is 9.59 Å². The maximum absolute atomic E-state index is 12.5. The third-order valence-corrected chi connectivity index (χ3v) is 3.51. The number of amides is 2. The van der Waals surface area contributed by atoms with Crippen molar-refractivity contribution in [2.24, 2.45) is 0 Å². The molecule has 1 aliphatic rings. The van der Waals surface area contributed by atoms with E-state index in [4.69, 9.17) is 15.2 Å². The fourth-order valence-corrected chi connectivity index (χ4v) is 2.41. The number of benzene rings is 2. The number of hydrogen-bond donors (Lipinski definition) is 1. The van der Waals surface area contributed by atoms with Crippen molar-refractivity contribution in [2.75, 3.05) is 24.9 Å². The molecule has 22 heavy (non-hydrogen) atoms. The van der Waals surface area contributed by atoms with E-state index in [1.807, 2.05) is 0 Å². The van der Waals surface area contributed by atoms with E-state index in [1.165, 1.54) is 20.3 Å². The van der Waals surface area contributed by atoms with Crippen molar-refractivity contribution in [3.63, 3.8) is 0 Å². The lowest BCUT2D eigenvalue weighted by Crippen LogP contribution is -2.29. The fourth-order valence-electron chi connectivity index (χ4n) is 2.41. The highest BCUT2D eigenvalue weighted by Crippen LogP contribution is 2.34. The number of anilines is 2. The molecule has 0 saturated heterocycles. The smallest absolute Gasteiger partial charge is 0.266 e. The molecule has 6 heteroatoms. The van der Waals surface area contributed by atoms with Crippen molar-refractivity contribution >= 4 is 23.2 Å². The number of fused-ring (bicyclic) bond motifs is 1. The number of rotatable bonds is 3. The van der Waals surface area contributed by atoms with Crippen LogP contribution in [0.25, 0.3) is 0 Å². The quantitative estimate of drug-likeness (QED) is 0.693. The van der Waals surface area contributed by atoms with Gasteiger partial charge >= 0.3 is 0 Å². The summed E-state index contributed by atoms with van der Waals surface area (Å²) in [5.41, 5.74) is 7.15. The summed E-state index contributed by atoms with van der Waals surface area (Å²) in [5.74, 6) is 0.175. The average molecular weight is 298 g/mol. The molecular formula is C16H14N2O4. The van der Waals surface area contributed by atoms with Gasteiger partial charge < -0.3 is 15.2 Å². The first kappa shape index (κ1) is 13.9. The minimum absolute atomic E-state index is 0.298. The molecular weight excluding hydrogens is 284 g/mol. The van der Waals surface area contributed by atoms with Crippen LogP contribution in [0.3, 0.4) is 0 Å². The van der Waals surface area contributed by atoms with Gasteiger partial charge in [-0.25, -0.2) is 4.90 Å². The SMILES string of the molecule is COc1cc(OC)cc(N2C(=O)c3ccc(N)cc3C2=O)c1. The number of imide groups is 1. The second-order valence-corrected chi connectivity index (χ2v) is 4.82. The van der Waals surface area contributed by atoms with Crippen LogP contribution in [0.4, 0.5) is 11.4 Å². The first-order valence-electron chi connectivity index (χ1n) is 6.56. The normalized spacial score (nSPS) is 13.3. The minimum atomic E-state index is -0.414. The first-order valence-corrected chi connectivity index (χ1v) is 6.56. The number of carbonyl (C=O) groups is 2. The van der Waals surface area contributed by atoms with E-state index < -0.39 is 11.8 Å². The Labute approximate surface area is 127 Å². The van der Waals surface area contributed by atoms with Crippen molar-refractivity contribution in [1.29, 1.82) is 0 Å². The summed E-state index contributed by atoms with van der Waals surface area (Å²) in [6, 6.07) is 9.54. The standard InChI is InChI=1S/C16H14N2O4/c1-21-11-6-10(7-12(8-11)22-2)18-15(19)13-4-3-9(17)5-14(13)16(18)20/h3-8H,17H2,1-2H3. The predicted octanol–water partition coefficient (Wildman–Crippen LogP) is 2.09. The second kappa shape index (κ2) is 5.07. The van der Waals surface area contributed by atoms with E-state index >= 15 is 0 Å². The number of ether oxygens (including phenoxy) is 2. The molecule has 2 amide bonds. The topological polar surface area (TPSA) is 81.9 Å². The summed E-state index contributed by atoms with van der Waals surface area (Å²) in [6.07, 6.45) is 0. The van der Waals surface area contributed by atoms with Gasteiger partial charge in [-0.15, -0.1) is 0 Å². The highest BCUT2D eigenvalue weighted by molar-refractivity contribution is 6.34. The molecule has 0 aromatic heterocycles. The number of methoxy groups -OCH3 is 2. The van der Waals surface area contributed by atoms with Gasteiger partial charge in [0, 0.05) is 23.9 Å². The first-order chi connectivity index (χ1) is 10.5. The van der Waals surface area contributed by atoms with Crippen LogP contribution in [0.15, 0.2) is 36.4 Å². The maximum atomic E-state index is 12.5. The molecule has 0 aliphatic carbocycles. The summed E-state index contributed by atoms with van der Waals surface area (Å²) in [7, 11) is 3.00. The fraction of sp³-hybridized carbons (Fsp3) is 0.125. The van der Waals surface area contributed by atoms with Gasteiger partial charge in [0.1, 0.15) is 11.5 Å². The molecule has 0 unspecified atom stereocenters. The second-order valence-electron chi connectivity index (χ2n) is 4.82. The molecule has 0 atom stereocenters. The van der Waals surface area contributed by atoms with Gasteiger partial charge in [0.25, 0.3) is 11.8 Å². The van der Waals surface area contributed by atoms with Crippen molar-refractivity contribution in [2.45, 2.75) is 0 Å². The van der Waals surface area contributed by atoms with Gasteiger partial charge in [-0.2, -0.15) is 0 Å². The van der Waals surface area contributed by atoms with Crippen molar-refractivity contribution < 1.29 is 19.1 Å². The molecule has 0 radical (unpaired) electrons. The lowest BCUT2D eigenvalue weighted by Gasteiger charge is -2.16. The van der Waals surface area contributed by atoms with Gasteiger partial charge in [-0.3, -0.25) is 9.59 Å². The van der Waals surface area contributed by atoms with E-state index in [0.717, 1.165) is 4.90 Å². The van der Waals surface area contributed by atoms with Crippen LogP contribution in [-0.4, -0.2) is 26.0 Å². The third kappa shape index (κ3) is 2.05. The largest absolute Gasteiger partial charge is 0.497 e. The molecule has 3 rings (SSSR count). The Bertz CT molecular complexity index is 763. The number of nitrogen functional groups attached to an aromatic ring is 1. The molecule has 112 valence electrons. The highest BCUT2D eigenvalue weighted by atomic mass is 16.5. The van der Waals surface area contributed by atoms with E-state index in [2.05, 4.69) is 0 Å². The number of nitrogens with two attached hydrogens (primary N) is 1. The van der Waals surface area contributed by atoms with Crippen molar-refractivity contribution in [3.05, 3.63) is 47.5 Å². The van der Waals surface area contributed by atoms with E-state index in [-0.39, 0.29) is 0 Å². The number of hydrogen-bond acceptors (Lipinski definition) is 5. The zero-order chi connectivity index (χ0) is 15.9. The molecule has 1 aliphatic heterocycles. The molecule has 0 saturated carbocycles. The van der Waals surface area contributed by atoms with Gasteiger partial charge in [0.2, 0.25) is 0 Å². The van der Waals surface area contributed by atoms with Crippen LogP contribution in [0.2, 0.25) is 0 Å². The van der Waals surface area contributed by atoms with Crippen LogP contribution in [0.1, 0.15) is 20.7 Å². The zero-order valence-electron chi connectivity index (χ0n) is 12.1. The predicted molar refractivity (Wildman–Crippen MR) is 81.5 cm³/mol. The Kier molecular flexibility index (Phi) is 3.21. The van der Waals surface area contributed by atoms with Crippen molar-refractivity contribution in [1.82, 2.24) is 0 Å². The van der Waals surface area contributed by atoms with Gasteiger partial charge in [-0.05, 0) is 18.2 Å². The molecule has 0 spiro atoms. The molecule has 2 aromatic rings. The molecule has 1 heterocycles. The van der Waals surface area contributed by atoms with Crippen LogP contribution in [-0.2, 0) is 0 Å². The number of carbonyl (C=O) groups excluding carboxylic acids is 2. The summed E-state index contributed by atoms with van der Waals surface area (Å²) < 4.78 is 10.3. The zero-order valence-corrected chi connectivity index (χ0v) is 12.1. The minimum Gasteiger partial charge on any atom is -0.497 e. The van der Waals surface area contributed by atoms with Crippen LogP contribution in [0, 0.1) is 0 Å². The molecule has 6 nitrogen and oxygen atoms in total. The number of nitrogens with zero attached hydrogens (tertiary/aromatic N) is 1. The summed E-state index contributed by atoms with van der Waals surface area (Å²) in [5, 5.41) is 0.